The summed E-state index contributed by atoms with van der Waals surface area (Å²) < 4.78 is 62.2. The molecular formula is C28H17F3O7. The van der Waals surface area contributed by atoms with E-state index in [4.69, 9.17) is 18.3 Å². The number of fused-ring (bicyclic) bond motifs is 2. The molecule has 2 aromatic heterocycles. The largest absolute Gasteiger partial charge is 0.453 e. The Morgan fingerprint density at radius 2 is 1.58 bits per heavy atom. The molecule has 10 heteroatoms. The van der Waals surface area contributed by atoms with Gasteiger partial charge in [0.25, 0.3) is 5.76 Å². The number of rotatable bonds is 5. The zero-order valence-electron chi connectivity index (χ0n) is 19.6. The molecule has 0 aliphatic heterocycles. The van der Waals surface area contributed by atoms with Crippen LogP contribution in [0.3, 0.4) is 0 Å². The lowest BCUT2D eigenvalue weighted by atomic mass is 10.1. The van der Waals surface area contributed by atoms with Crippen molar-refractivity contribution in [2.75, 3.05) is 0 Å². The number of halogens is 3. The summed E-state index contributed by atoms with van der Waals surface area (Å²) in [6, 6.07) is 17.3. The molecule has 3 aromatic carbocycles. The van der Waals surface area contributed by atoms with Crippen molar-refractivity contribution < 1.29 is 36.3 Å². The molecule has 0 aliphatic rings. The lowest BCUT2D eigenvalue weighted by Gasteiger charge is -2.14. The molecule has 0 saturated carbocycles. The summed E-state index contributed by atoms with van der Waals surface area (Å²) >= 11 is 0. The Hall–Kier alpha value is -4.86. The Kier molecular flexibility index (Phi) is 6.23. The van der Waals surface area contributed by atoms with Crippen LogP contribution in [0.5, 0.6) is 17.2 Å². The van der Waals surface area contributed by atoms with E-state index in [0.29, 0.717) is 11.8 Å². The molecule has 0 amide bonds. The third-order valence-corrected chi connectivity index (χ3v) is 5.70. The molecule has 5 aromatic rings. The van der Waals surface area contributed by atoms with Crippen LogP contribution in [0, 0.1) is 0 Å². The number of hydrogen-bond donors (Lipinski definition) is 0. The number of carbonyl (C=O) groups excluding carboxylic acids is 1. The summed E-state index contributed by atoms with van der Waals surface area (Å²) in [5, 5.41) is 0.235. The van der Waals surface area contributed by atoms with Crippen molar-refractivity contribution in [1.29, 1.82) is 0 Å². The highest BCUT2D eigenvalue weighted by Crippen LogP contribution is 2.38. The molecule has 7 nitrogen and oxygen atoms in total. The average molecular weight is 522 g/mol. The summed E-state index contributed by atoms with van der Waals surface area (Å²) in [5.41, 5.74) is -1.73. The van der Waals surface area contributed by atoms with Crippen molar-refractivity contribution in [3.05, 3.63) is 110 Å². The predicted molar refractivity (Wildman–Crippen MR) is 131 cm³/mol. The molecule has 38 heavy (non-hydrogen) atoms. The van der Waals surface area contributed by atoms with E-state index < -0.39 is 45.9 Å². The number of hydrogen-bond acceptors (Lipinski definition) is 7. The summed E-state index contributed by atoms with van der Waals surface area (Å²) in [5.74, 6) is -3.99. The maximum Gasteiger partial charge on any atom is 0.453 e. The van der Waals surface area contributed by atoms with Crippen LogP contribution in [0.25, 0.3) is 21.9 Å². The number of aryl methyl sites for hydroxylation is 1. The van der Waals surface area contributed by atoms with Crippen LogP contribution in [0.1, 0.15) is 28.6 Å². The van der Waals surface area contributed by atoms with Gasteiger partial charge in [0.15, 0.2) is 0 Å². The molecule has 0 aliphatic carbocycles. The van der Waals surface area contributed by atoms with Gasteiger partial charge in [0.1, 0.15) is 28.2 Å². The molecule has 0 unspecified atom stereocenters. The first-order valence-corrected chi connectivity index (χ1v) is 11.3. The number of carbonyl (C=O) groups is 1. The fourth-order valence-corrected chi connectivity index (χ4v) is 3.78. The number of ether oxygens (including phenoxy) is 2. The Balaban J connectivity index is 1.52. The first-order chi connectivity index (χ1) is 18.1. The van der Waals surface area contributed by atoms with Gasteiger partial charge >= 0.3 is 17.8 Å². The van der Waals surface area contributed by atoms with E-state index in [1.807, 2.05) is 6.92 Å². The highest BCUT2D eigenvalue weighted by Gasteiger charge is 2.40. The van der Waals surface area contributed by atoms with Crippen molar-refractivity contribution in [3.8, 4) is 17.2 Å². The molecule has 0 atom stereocenters. The molecule has 0 bridgehead atoms. The minimum atomic E-state index is -5.07. The number of esters is 1. The summed E-state index contributed by atoms with van der Waals surface area (Å²) in [6.07, 6.45) is -4.35. The van der Waals surface area contributed by atoms with Crippen LogP contribution < -0.4 is 20.5 Å². The third kappa shape index (κ3) is 4.75. The average Bonchev–Trinajstić information content (AvgIpc) is 2.89. The fourth-order valence-electron chi connectivity index (χ4n) is 3.78. The Morgan fingerprint density at radius 1 is 0.868 bits per heavy atom. The first-order valence-electron chi connectivity index (χ1n) is 11.3. The smallest absolute Gasteiger partial charge is 0.449 e. The van der Waals surface area contributed by atoms with E-state index in [9.17, 15) is 27.6 Å². The van der Waals surface area contributed by atoms with Crippen molar-refractivity contribution in [2.45, 2.75) is 19.5 Å². The zero-order chi connectivity index (χ0) is 27.0. The highest BCUT2D eigenvalue weighted by molar-refractivity contribution is 5.94. The Morgan fingerprint density at radius 3 is 2.29 bits per heavy atom. The quantitative estimate of drug-likeness (QED) is 0.148. The van der Waals surface area contributed by atoms with Gasteiger partial charge in [-0.15, -0.1) is 0 Å². The van der Waals surface area contributed by atoms with Crippen molar-refractivity contribution >= 4 is 27.9 Å². The second-order valence-corrected chi connectivity index (χ2v) is 8.22. The van der Waals surface area contributed by atoms with Crippen LogP contribution >= 0.6 is 0 Å². The molecule has 2 heterocycles. The Bertz CT molecular complexity index is 1800. The SMILES string of the molecule is CCc1ccc(Oc2c(C(F)(F)F)oc3cc(OC(=O)c4cc5ccccc5oc4=O)ccc3c2=O)cc1. The van der Waals surface area contributed by atoms with Gasteiger partial charge in [0.2, 0.25) is 11.2 Å². The molecule has 0 N–H and O–H groups in total. The van der Waals surface area contributed by atoms with E-state index in [1.165, 1.54) is 24.3 Å². The van der Waals surface area contributed by atoms with Gasteiger partial charge in [0, 0.05) is 11.5 Å². The van der Waals surface area contributed by atoms with Crippen LogP contribution in [0.2, 0.25) is 0 Å². The van der Waals surface area contributed by atoms with Crippen LogP contribution in [0.4, 0.5) is 13.2 Å². The molecule has 0 saturated heterocycles. The Labute approximate surface area is 211 Å². The number of alkyl halides is 3. The normalized spacial score (nSPS) is 11.6. The van der Waals surface area contributed by atoms with Crippen molar-refractivity contribution in [2.24, 2.45) is 0 Å². The maximum atomic E-state index is 13.8. The topological polar surface area (TPSA) is 95.9 Å². The van der Waals surface area contributed by atoms with Gasteiger partial charge in [-0.25, -0.2) is 9.59 Å². The monoisotopic (exact) mass is 522 g/mol. The van der Waals surface area contributed by atoms with Crippen LogP contribution in [-0.2, 0) is 12.6 Å². The molecule has 192 valence electrons. The van der Waals surface area contributed by atoms with E-state index in [1.54, 1.807) is 36.4 Å². The third-order valence-electron chi connectivity index (χ3n) is 5.70. The lowest BCUT2D eigenvalue weighted by molar-refractivity contribution is -0.154. The minimum absolute atomic E-state index is 0.0270. The lowest BCUT2D eigenvalue weighted by Crippen LogP contribution is -2.19. The van der Waals surface area contributed by atoms with E-state index in [0.717, 1.165) is 17.7 Å². The number of para-hydroxylation sites is 1. The van der Waals surface area contributed by atoms with Crippen LogP contribution in [-0.4, -0.2) is 5.97 Å². The number of benzene rings is 3. The van der Waals surface area contributed by atoms with E-state index >= 15 is 0 Å². The maximum absolute atomic E-state index is 13.8. The van der Waals surface area contributed by atoms with Gasteiger partial charge in [0.05, 0.1) is 5.39 Å². The second-order valence-electron chi connectivity index (χ2n) is 8.22. The second kappa shape index (κ2) is 9.55. The summed E-state index contributed by atoms with van der Waals surface area (Å²) in [4.78, 5) is 37.9. The highest BCUT2D eigenvalue weighted by atomic mass is 19.4. The molecule has 0 radical (unpaired) electrons. The van der Waals surface area contributed by atoms with Gasteiger partial charge in [-0.05, 0) is 48.4 Å². The van der Waals surface area contributed by atoms with Gasteiger partial charge in [-0.2, -0.15) is 13.2 Å². The molecule has 0 fully saturated rings. The van der Waals surface area contributed by atoms with Gasteiger partial charge < -0.3 is 18.3 Å². The molecular weight excluding hydrogens is 505 g/mol. The van der Waals surface area contributed by atoms with Crippen LogP contribution in [0.15, 0.2) is 91.2 Å². The summed E-state index contributed by atoms with van der Waals surface area (Å²) in [7, 11) is 0. The van der Waals surface area contributed by atoms with Gasteiger partial charge in [-0.1, -0.05) is 37.3 Å². The van der Waals surface area contributed by atoms with Gasteiger partial charge in [-0.3, -0.25) is 4.79 Å². The molecule has 5 rings (SSSR count). The molecule has 0 spiro atoms. The minimum Gasteiger partial charge on any atom is -0.449 e. The van der Waals surface area contributed by atoms with E-state index in [-0.39, 0.29) is 22.5 Å². The van der Waals surface area contributed by atoms with E-state index in [2.05, 4.69) is 0 Å². The first kappa shape index (κ1) is 24.8. The predicted octanol–water partition coefficient (Wildman–Crippen LogP) is 6.49. The van der Waals surface area contributed by atoms with Crippen molar-refractivity contribution in [1.82, 2.24) is 0 Å². The van der Waals surface area contributed by atoms with Crippen molar-refractivity contribution in [3.63, 3.8) is 0 Å². The summed E-state index contributed by atoms with van der Waals surface area (Å²) in [6.45, 7) is 1.91. The zero-order valence-corrected chi connectivity index (χ0v) is 19.6. The fraction of sp³-hybridized carbons (Fsp3) is 0.107. The standard InChI is InChI=1S/C28H17F3O7/c1-2-15-7-9-17(10-8-15)35-24-23(32)19-12-11-18(14-22(19)37-25(24)28(29,30)31)36-26(33)20-13-16-5-3-4-6-21(16)38-27(20)34/h3-14H,2H2,1H3.